The molecule has 0 saturated carbocycles. The maximum absolute atomic E-state index is 10.9. The molecule has 0 fully saturated rings. The first-order valence-corrected chi connectivity index (χ1v) is 6.64. The topological polar surface area (TPSA) is 46.5 Å². The maximum Gasteiger partial charge on any atom is 0.306 e. The summed E-state index contributed by atoms with van der Waals surface area (Å²) in [6.45, 7) is 1.79. The quantitative estimate of drug-likeness (QED) is 0.624. The summed E-state index contributed by atoms with van der Waals surface area (Å²) in [5.74, 6) is 1.01. The molecule has 0 radical (unpaired) electrons. The van der Waals surface area contributed by atoms with Gasteiger partial charge < -0.3 is 9.84 Å². The zero-order valence-corrected chi connectivity index (χ0v) is 11.0. The van der Waals surface area contributed by atoms with Crippen LogP contribution in [0.15, 0.2) is 30.3 Å². The summed E-state index contributed by atoms with van der Waals surface area (Å²) in [6.07, 6.45) is 0.381. The molecule has 0 aromatic heterocycles. The fourth-order valence-corrected chi connectivity index (χ4v) is 2.43. The zero-order valence-electron chi connectivity index (χ0n) is 10.2. The molecular weight excluding hydrogens is 236 g/mol. The second kappa shape index (κ2) is 6.67. The number of thioether (sulfide) groups is 1. The molecule has 1 atom stereocenters. The highest BCUT2D eigenvalue weighted by Gasteiger charge is 2.22. The van der Waals surface area contributed by atoms with E-state index in [1.807, 2.05) is 30.3 Å². The molecule has 0 spiro atoms. The molecule has 1 aromatic carbocycles. The Morgan fingerprint density at radius 1 is 1.41 bits per heavy atom. The van der Waals surface area contributed by atoms with Crippen LogP contribution < -0.4 is 0 Å². The van der Waals surface area contributed by atoms with Crippen molar-refractivity contribution in [1.29, 1.82) is 0 Å². The van der Waals surface area contributed by atoms with Gasteiger partial charge in [0.05, 0.1) is 19.1 Å². The lowest BCUT2D eigenvalue weighted by molar-refractivity contribution is -0.140. The van der Waals surface area contributed by atoms with Crippen LogP contribution in [-0.2, 0) is 15.1 Å². The minimum atomic E-state index is -0.859. The Morgan fingerprint density at radius 2 is 2.06 bits per heavy atom. The van der Waals surface area contributed by atoms with E-state index in [0.717, 1.165) is 5.56 Å². The number of esters is 1. The summed E-state index contributed by atoms with van der Waals surface area (Å²) in [5.41, 5.74) is 0.0350. The van der Waals surface area contributed by atoms with E-state index < -0.39 is 5.60 Å². The normalized spacial score (nSPS) is 14.1. The number of carbonyl (C=O) groups excluding carboxylic acids is 1. The predicted molar refractivity (Wildman–Crippen MR) is 70.0 cm³/mol. The van der Waals surface area contributed by atoms with E-state index in [0.29, 0.717) is 17.9 Å². The van der Waals surface area contributed by atoms with Gasteiger partial charge in [-0.2, -0.15) is 11.8 Å². The minimum absolute atomic E-state index is 0.211. The lowest BCUT2D eigenvalue weighted by Crippen LogP contribution is -2.24. The van der Waals surface area contributed by atoms with Crippen molar-refractivity contribution in [2.24, 2.45) is 0 Å². The lowest BCUT2D eigenvalue weighted by Gasteiger charge is -2.23. The second-order valence-electron chi connectivity index (χ2n) is 4.02. The smallest absolute Gasteiger partial charge is 0.306 e. The van der Waals surface area contributed by atoms with Crippen molar-refractivity contribution in [1.82, 2.24) is 0 Å². The first-order valence-electron chi connectivity index (χ1n) is 5.49. The molecular formula is C13H18O3S. The maximum atomic E-state index is 10.9. The van der Waals surface area contributed by atoms with Crippen molar-refractivity contribution >= 4 is 17.7 Å². The van der Waals surface area contributed by atoms with Crippen LogP contribution in [0.5, 0.6) is 0 Å². The van der Waals surface area contributed by atoms with Crippen molar-refractivity contribution < 1.29 is 14.6 Å². The molecule has 17 heavy (non-hydrogen) atoms. The third kappa shape index (κ3) is 4.79. The number of carbonyl (C=O) groups is 1. The standard InChI is InChI=1S/C13H18O3S/c1-13(15,11-6-4-3-5-7-11)10-17-9-8-12(14)16-2/h3-7,15H,8-10H2,1-2H3. The molecule has 0 aliphatic carbocycles. The van der Waals surface area contributed by atoms with Gasteiger partial charge in [-0.05, 0) is 12.5 Å². The van der Waals surface area contributed by atoms with Gasteiger partial charge >= 0.3 is 5.97 Å². The number of rotatable bonds is 6. The van der Waals surface area contributed by atoms with Crippen LogP contribution in [0.2, 0.25) is 0 Å². The van der Waals surface area contributed by atoms with Crippen molar-refractivity contribution in [3.05, 3.63) is 35.9 Å². The van der Waals surface area contributed by atoms with E-state index in [1.54, 1.807) is 18.7 Å². The molecule has 0 heterocycles. The highest BCUT2D eigenvalue weighted by Crippen LogP contribution is 2.25. The fourth-order valence-electron chi connectivity index (χ4n) is 1.41. The van der Waals surface area contributed by atoms with Gasteiger partial charge in [0.25, 0.3) is 0 Å². The van der Waals surface area contributed by atoms with Crippen LogP contribution >= 0.6 is 11.8 Å². The summed E-state index contributed by atoms with van der Waals surface area (Å²) in [6, 6.07) is 9.54. The van der Waals surface area contributed by atoms with E-state index in [4.69, 9.17) is 0 Å². The number of benzene rings is 1. The van der Waals surface area contributed by atoms with Crippen molar-refractivity contribution in [2.75, 3.05) is 18.6 Å². The molecule has 1 unspecified atom stereocenters. The summed E-state index contributed by atoms with van der Waals surface area (Å²) in [5, 5.41) is 10.3. The summed E-state index contributed by atoms with van der Waals surface area (Å²) < 4.78 is 4.55. The molecule has 1 aromatic rings. The fraction of sp³-hybridized carbons (Fsp3) is 0.462. The highest BCUT2D eigenvalue weighted by atomic mass is 32.2. The molecule has 0 saturated heterocycles. The summed E-state index contributed by atoms with van der Waals surface area (Å²) in [7, 11) is 1.38. The van der Waals surface area contributed by atoms with Gasteiger partial charge in [-0.15, -0.1) is 0 Å². The lowest BCUT2D eigenvalue weighted by atomic mass is 9.99. The van der Waals surface area contributed by atoms with Gasteiger partial charge in [0.15, 0.2) is 0 Å². The van der Waals surface area contributed by atoms with E-state index in [-0.39, 0.29) is 5.97 Å². The Hall–Kier alpha value is -1.00. The molecule has 0 amide bonds. The second-order valence-corrected chi connectivity index (χ2v) is 5.12. The van der Waals surface area contributed by atoms with Crippen LogP contribution in [0.4, 0.5) is 0 Å². The first-order chi connectivity index (χ1) is 8.06. The SMILES string of the molecule is COC(=O)CCSCC(C)(O)c1ccccc1. The third-order valence-corrected chi connectivity index (χ3v) is 3.72. The number of ether oxygens (including phenoxy) is 1. The molecule has 3 nitrogen and oxygen atoms in total. The first kappa shape index (κ1) is 14.1. The van der Waals surface area contributed by atoms with Gasteiger partial charge in [0, 0.05) is 11.5 Å². The zero-order chi connectivity index (χ0) is 12.7. The number of hydrogen-bond acceptors (Lipinski definition) is 4. The number of hydrogen-bond donors (Lipinski definition) is 1. The van der Waals surface area contributed by atoms with Crippen molar-refractivity contribution in [3.8, 4) is 0 Å². The van der Waals surface area contributed by atoms with E-state index in [1.165, 1.54) is 7.11 Å². The Kier molecular flexibility index (Phi) is 5.51. The van der Waals surface area contributed by atoms with Crippen LogP contribution in [0, 0.1) is 0 Å². The van der Waals surface area contributed by atoms with Gasteiger partial charge in [0.1, 0.15) is 0 Å². The van der Waals surface area contributed by atoms with E-state index in [9.17, 15) is 9.90 Å². The highest BCUT2D eigenvalue weighted by molar-refractivity contribution is 7.99. The Morgan fingerprint density at radius 3 is 2.65 bits per heavy atom. The molecule has 1 rings (SSSR count). The monoisotopic (exact) mass is 254 g/mol. The van der Waals surface area contributed by atoms with Gasteiger partial charge in [0.2, 0.25) is 0 Å². The molecule has 0 aliphatic heterocycles. The van der Waals surface area contributed by atoms with Crippen molar-refractivity contribution in [3.63, 3.8) is 0 Å². The minimum Gasteiger partial charge on any atom is -0.469 e. The third-order valence-electron chi connectivity index (χ3n) is 2.46. The number of methoxy groups -OCH3 is 1. The van der Waals surface area contributed by atoms with Crippen LogP contribution in [0.3, 0.4) is 0 Å². The largest absolute Gasteiger partial charge is 0.469 e. The van der Waals surface area contributed by atoms with Gasteiger partial charge in [-0.3, -0.25) is 4.79 Å². The Bertz CT molecular complexity index is 349. The van der Waals surface area contributed by atoms with Crippen LogP contribution in [0.25, 0.3) is 0 Å². The average molecular weight is 254 g/mol. The van der Waals surface area contributed by atoms with E-state index >= 15 is 0 Å². The van der Waals surface area contributed by atoms with Crippen LogP contribution in [-0.4, -0.2) is 29.7 Å². The average Bonchev–Trinajstić information content (AvgIpc) is 2.35. The molecule has 0 bridgehead atoms. The van der Waals surface area contributed by atoms with Crippen molar-refractivity contribution in [2.45, 2.75) is 18.9 Å². The van der Waals surface area contributed by atoms with Crippen LogP contribution in [0.1, 0.15) is 18.9 Å². The molecule has 0 aliphatic rings. The molecule has 94 valence electrons. The summed E-state index contributed by atoms with van der Waals surface area (Å²) in [4.78, 5) is 10.9. The molecule has 4 heteroatoms. The Labute approximate surface area is 106 Å². The molecule has 1 N–H and O–H groups in total. The Balaban J connectivity index is 2.38. The number of aliphatic hydroxyl groups is 1. The van der Waals surface area contributed by atoms with Gasteiger partial charge in [-0.25, -0.2) is 0 Å². The van der Waals surface area contributed by atoms with Gasteiger partial charge in [-0.1, -0.05) is 30.3 Å². The van der Waals surface area contributed by atoms with E-state index in [2.05, 4.69) is 4.74 Å². The predicted octanol–water partition coefficient (Wildman–Crippen LogP) is 2.19. The summed E-state index contributed by atoms with van der Waals surface area (Å²) >= 11 is 1.55.